The Kier molecular flexibility index (Phi) is 8.37. The molecule has 200 valence electrons. The van der Waals surface area contributed by atoms with Crippen LogP contribution in [0.1, 0.15) is 31.9 Å². The van der Waals surface area contributed by atoms with E-state index in [1.807, 2.05) is 18.4 Å². The van der Waals surface area contributed by atoms with Gasteiger partial charge in [-0.3, -0.25) is 9.52 Å². The Labute approximate surface area is 226 Å². The van der Waals surface area contributed by atoms with E-state index in [9.17, 15) is 18.3 Å². The Balaban J connectivity index is 1.37. The second-order valence-electron chi connectivity index (χ2n) is 9.50. The lowest BCUT2D eigenvalue weighted by Crippen LogP contribution is -2.42. The monoisotopic (exact) mass is 556 g/mol. The van der Waals surface area contributed by atoms with Gasteiger partial charge in [-0.1, -0.05) is 41.9 Å². The van der Waals surface area contributed by atoms with Crippen LogP contribution < -0.4 is 14.8 Å². The van der Waals surface area contributed by atoms with Crippen molar-refractivity contribution in [1.82, 2.24) is 14.9 Å². The lowest BCUT2D eigenvalue weighted by Gasteiger charge is -2.28. The molecular weight excluding hydrogens is 528 g/mol. The van der Waals surface area contributed by atoms with E-state index in [4.69, 9.17) is 16.3 Å². The fraction of sp³-hybridized carbons (Fsp3) is 0.259. The van der Waals surface area contributed by atoms with Gasteiger partial charge in [0.2, 0.25) is 0 Å². The summed E-state index contributed by atoms with van der Waals surface area (Å²) >= 11 is 6.13. The lowest BCUT2D eigenvalue weighted by molar-refractivity contribution is -0.120. The van der Waals surface area contributed by atoms with Crippen molar-refractivity contribution < 1.29 is 23.1 Å². The number of carbonyl (C=O) groups is 1. The van der Waals surface area contributed by atoms with Gasteiger partial charge in [0.05, 0.1) is 33.4 Å². The van der Waals surface area contributed by atoms with Gasteiger partial charge in [-0.15, -0.1) is 0 Å². The van der Waals surface area contributed by atoms with Crippen molar-refractivity contribution in [2.24, 2.45) is 0 Å². The van der Waals surface area contributed by atoms with Crippen LogP contribution >= 0.6 is 11.6 Å². The van der Waals surface area contributed by atoms with Gasteiger partial charge in [-0.2, -0.15) is 0 Å². The first-order valence-electron chi connectivity index (χ1n) is 11.9. The average Bonchev–Trinajstić information content (AvgIpc) is 3.28. The van der Waals surface area contributed by atoms with E-state index < -0.39 is 16.1 Å². The Morgan fingerprint density at radius 3 is 2.63 bits per heavy atom. The molecule has 0 aliphatic carbocycles. The number of hydrogen-bond donors (Lipinski definition) is 3. The summed E-state index contributed by atoms with van der Waals surface area (Å²) in [4.78, 5) is 15.3. The van der Waals surface area contributed by atoms with Crippen molar-refractivity contribution in [3.05, 3.63) is 83.6 Å². The minimum absolute atomic E-state index is 0.163. The van der Waals surface area contributed by atoms with E-state index in [0.29, 0.717) is 41.2 Å². The number of aliphatic hydroxyl groups excluding tert-OH is 1. The van der Waals surface area contributed by atoms with Gasteiger partial charge in [-0.05, 0) is 56.2 Å². The van der Waals surface area contributed by atoms with Gasteiger partial charge in [-0.25, -0.2) is 13.4 Å². The van der Waals surface area contributed by atoms with Gasteiger partial charge >= 0.3 is 0 Å². The molecule has 1 aromatic heterocycles. The molecule has 38 heavy (non-hydrogen) atoms. The molecule has 3 N–H and O–H groups in total. The molecule has 9 nitrogen and oxygen atoms in total. The number of fused-ring (bicyclic) bond motifs is 1. The van der Waals surface area contributed by atoms with Crippen LogP contribution in [0.15, 0.2) is 78.0 Å². The van der Waals surface area contributed by atoms with Crippen molar-refractivity contribution in [2.45, 2.75) is 43.4 Å². The highest BCUT2D eigenvalue weighted by atomic mass is 35.5. The van der Waals surface area contributed by atoms with Crippen LogP contribution in [0.3, 0.4) is 0 Å². The number of carbonyl (C=O) groups excluding carboxylic acids is 1. The number of halogens is 1. The fourth-order valence-corrected chi connectivity index (χ4v) is 5.26. The number of aliphatic hydroxyl groups is 1. The van der Waals surface area contributed by atoms with Crippen molar-refractivity contribution in [2.75, 3.05) is 11.3 Å². The molecule has 0 saturated carbocycles. The predicted molar refractivity (Wildman–Crippen MR) is 147 cm³/mol. The second-order valence-corrected chi connectivity index (χ2v) is 11.6. The third-order valence-electron chi connectivity index (χ3n) is 6.18. The van der Waals surface area contributed by atoms with E-state index in [2.05, 4.69) is 15.0 Å². The average molecular weight is 557 g/mol. The zero-order valence-electron chi connectivity index (χ0n) is 21.0. The van der Waals surface area contributed by atoms with E-state index in [1.165, 1.54) is 12.1 Å². The minimum atomic E-state index is -3.73. The van der Waals surface area contributed by atoms with Crippen LogP contribution in [0.25, 0.3) is 11.0 Å². The number of anilines is 1. The summed E-state index contributed by atoms with van der Waals surface area (Å²) in [5, 5.41) is 14.5. The standard InChI is InChI=1S/C27H29ClN4O5S/c1-27(2,11-12-32-17-29-23-14-22(28)26(37-18-33)15-24(23)32)30-16-25(34)19-7-6-8-20(13-19)31-38(35,36)21-9-4-3-5-10-21/h3-10,13-15,17-18,25,30-31,34H,11-12,16H2,1-2H3. The highest BCUT2D eigenvalue weighted by Gasteiger charge is 2.21. The molecule has 0 fully saturated rings. The summed E-state index contributed by atoms with van der Waals surface area (Å²) in [5.74, 6) is 0.268. The quantitative estimate of drug-likeness (QED) is 0.219. The molecule has 0 aliphatic heterocycles. The van der Waals surface area contributed by atoms with Gasteiger partial charge < -0.3 is 19.7 Å². The Hall–Kier alpha value is -3.44. The highest BCUT2D eigenvalue weighted by molar-refractivity contribution is 7.92. The fourth-order valence-electron chi connectivity index (χ4n) is 3.98. The minimum Gasteiger partial charge on any atom is -0.427 e. The number of imidazole rings is 1. The van der Waals surface area contributed by atoms with Gasteiger partial charge in [0.1, 0.15) is 0 Å². The summed E-state index contributed by atoms with van der Waals surface area (Å²) in [6.07, 6.45) is 1.56. The third kappa shape index (κ3) is 6.70. The number of sulfonamides is 1. The largest absolute Gasteiger partial charge is 0.427 e. The predicted octanol–water partition coefficient (Wildman–Crippen LogP) is 4.52. The maximum Gasteiger partial charge on any atom is 0.298 e. The van der Waals surface area contributed by atoms with Crippen LogP contribution in [0.5, 0.6) is 5.75 Å². The van der Waals surface area contributed by atoms with E-state index in [0.717, 1.165) is 5.52 Å². The lowest BCUT2D eigenvalue weighted by atomic mass is 9.99. The number of hydrogen-bond acceptors (Lipinski definition) is 7. The smallest absolute Gasteiger partial charge is 0.298 e. The van der Waals surface area contributed by atoms with E-state index in [1.54, 1.807) is 60.9 Å². The molecule has 0 amide bonds. The van der Waals surface area contributed by atoms with Crippen molar-refractivity contribution in [3.8, 4) is 5.75 Å². The topological polar surface area (TPSA) is 123 Å². The number of rotatable bonds is 12. The number of β-amino-alcohol motifs (C(OH)–C–C–N with tert-alkyl or cyclic N) is 1. The van der Waals surface area contributed by atoms with Crippen LogP contribution in [0.4, 0.5) is 5.69 Å². The van der Waals surface area contributed by atoms with Crippen molar-refractivity contribution in [1.29, 1.82) is 0 Å². The molecule has 0 bridgehead atoms. The molecule has 3 aromatic carbocycles. The molecule has 0 spiro atoms. The molecule has 11 heteroatoms. The van der Waals surface area contributed by atoms with E-state index in [-0.39, 0.29) is 22.7 Å². The van der Waals surface area contributed by atoms with Gasteiger partial charge in [0.15, 0.2) is 5.75 Å². The zero-order valence-corrected chi connectivity index (χ0v) is 22.5. The number of nitrogens with zero attached hydrogens (tertiary/aromatic N) is 2. The summed E-state index contributed by atoms with van der Waals surface area (Å²) in [7, 11) is -3.73. The summed E-state index contributed by atoms with van der Waals surface area (Å²) in [6.45, 7) is 5.27. The highest BCUT2D eigenvalue weighted by Crippen LogP contribution is 2.30. The van der Waals surface area contributed by atoms with Crippen molar-refractivity contribution >= 4 is 44.8 Å². The first-order chi connectivity index (χ1) is 18.1. The maximum atomic E-state index is 12.6. The van der Waals surface area contributed by atoms with E-state index >= 15 is 0 Å². The summed E-state index contributed by atoms with van der Waals surface area (Å²) in [5.41, 5.74) is 2.09. The molecule has 0 aliphatic rings. The molecular formula is C27H29ClN4O5S. The number of ether oxygens (including phenoxy) is 1. The van der Waals surface area contributed by atoms with Crippen LogP contribution in [0.2, 0.25) is 5.02 Å². The maximum absolute atomic E-state index is 12.6. The second kappa shape index (κ2) is 11.5. The van der Waals surface area contributed by atoms with Gasteiger partial charge in [0, 0.05) is 30.4 Å². The summed E-state index contributed by atoms with van der Waals surface area (Å²) < 4.78 is 34.7. The van der Waals surface area contributed by atoms with Crippen LogP contribution in [-0.2, 0) is 21.4 Å². The molecule has 1 heterocycles. The number of aromatic nitrogens is 2. The SMILES string of the molecule is CC(C)(CCn1cnc2cc(Cl)c(OC=O)cc21)NCC(O)c1cccc(NS(=O)(=O)c2ccccc2)c1. The third-order valence-corrected chi connectivity index (χ3v) is 7.87. The first kappa shape index (κ1) is 27.6. The Morgan fingerprint density at radius 2 is 1.89 bits per heavy atom. The van der Waals surface area contributed by atoms with Gasteiger partial charge in [0.25, 0.3) is 16.5 Å². The number of nitrogens with one attached hydrogen (secondary N) is 2. The number of benzene rings is 3. The first-order valence-corrected chi connectivity index (χ1v) is 13.8. The molecule has 1 unspecified atom stereocenters. The Bertz CT molecular complexity index is 1520. The van der Waals surface area contributed by atoms with Crippen molar-refractivity contribution in [3.63, 3.8) is 0 Å². The Morgan fingerprint density at radius 1 is 1.13 bits per heavy atom. The molecule has 0 saturated heterocycles. The molecule has 0 radical (unpaired) electrons. The molecule has 4 aromatic rings. The molecule has 1 atom stereocenters. The normalized spacial score (nSPS) is 12.8. The van der Waals surface area contributed by atoms with Crippen LogP contribution in [0, 0.1) is 0 Å². The summed E-state index contributed by atoms with van der Waals surface area (Å²) in [6, 6.07) is 18.2. The zero-order chi connectivity index (χ0) is 27.3. The number of aryl methyl sites for hydroxylation is 1. The van der Waals surface area contributed by atoms with Crippen LogP contribution in [-0.4, -0.2) is 41.6 Å². The molecule has 4 rings (SSSR count).